The van der Waals surface area contributed by atoms with Gasteiger partial charge in [0.1, 0.15) is 6.61 Å². The highest BCUT2D eigenvalue weighted by Gasteiger charge is 2.13. The molecule has 0 fully saturated rings. The summed E-state index contributed by atoms with van der Waals surface area (Å²) in [7, 11) is 0. The molecule has 0 aliphatic carbocycles. The van der Waals surface area contributed by atoms with Crippen molar-refractivity contribution in [3.63, 3.8) is 0 Å². The second-order valence-corrected chi connectivity index (χ2v) is 3.67. The van der Waals surface area contributed by atoms with Crippen molar-refractivity contribution >= 4 is 5.82 Å². The van der Waals surface area contributed by atoms with Crippen LogP contribution in [0.2, 0.25) is 0 Å². The summed E-state index contributed by atoms with van der Waals surface area (Å²) in [6.45, 7) is 5.95. The Hall–Kier alpha value is -1.25. The molecule has 0 saturated heterocycles. The van der Waals surface area contributed by atoms with Gasteiger partial charge in [0.15, 0.2) is 11.6 Å². The number of nitrogens with one attached hydrogen (secondary N) is 1. The van der Waals surface area contributed by atoms with E-state index in [0.29, 0.717) is 5.92 Å². The van der Waals surface area contributed by atoms with Gasteiger partial charge in [-0.3, -0.25) is 0 Å². The lowest BCUT2D eigenvalue weighted by Crippen LogP contribution is -2.19. The summed E-state index contributed by atoms with van der Waals surface area (Å²) in [6.07, 6.45) is 1.12. The zero-order valence-corrected chi connectivity index (χ0v) is 8.71. The second kappa shape index (κ2) is 3.86. The Labute approximate surface area is 86.0 Å². The molecule has 0 radical (unpaired) electrons. The van der Waals surface area contributed by atoms with Gasteiger partial charge in [-0.1, -0.05) is 13.8 Å². The van der Waals surface area contributed by atoms with Crippen LogP contribution in [0.3, 0.4) is 0 Å². The molecule has 0 amide bonds. The van der Waals surface area contributed by atoms with Crippen molar-refractivity contribution in [1.29, 1.82) is 0 Å². The number of aromatic nitrogens is 1. The predicted molar refractivity (Wildman–Crippen MR) is 59.0 cm³/mol. The maximum Gasteiger partial charge on any atom is 0.169 e. The zero-order valence-electron chi connectivity index (χ0n) is 8.71. The summed E-state index contributed by atoms with van der Waals surface area (Å²) >= 11 is 0. The lowest BCUT2D eigenvalue weighted by molar-refractivity contribution is 0.321. The smallest absolute Gasteiger partial charge is 0.169 e. The Morgan fingerprint density at radius 3 is 3.29 bits per heavy atom. The van der Waals surface area contributed by atoms with E-state index >= 15 is 0 Å². The van der Waals surface area contributed by atoms with Gasteiger partial charge in [-0.25, -0.2) is 4.98 Å². The van der Waals surface area contributed by atoms with Crippen molar-refractivity contribution in [2.24, 2.45) is 0 Å². The fourth-order valence-electron chi connectivity index (χ4n) is 1.52. The third-order valence-electron chi connectivity index (χ3n) is 2.65. The number of hydrogen-bond donors (Lipinski definition) is 1. The van der Waals surface area contributed by atoms with Crippen LogP contribution in [0.4, 0.5) is 5.82 Å². The SMILES string of the molecule is CCC(C)c1ccc2c(n1)NCCO2.[HH]. The molecule has 1 aromatic rings. The molecule has 2 heterocycles. The number of hydrogen-bond acceptors (Lipinski definition) is 3. The van der Waals surface area contributed by atoms with Crippen LogP contribution in [0.25, 0.3) is 0 Å². The maximum atomic E-state index is 5.47. The van der Waals surface area contributed by atoms with Crippen molar-refractivity contribution in [3.8, 4) is 5.75 Å². The first-order chi connectivity index (χ1) is 6.81. The van der Waals surface area contributed by atoms with Crippen LogP contribution >= 0.6 is 0 Å². The highest BCUT2D eigenvalue weighted by atomic mass is 16.5. The van der Waals surface area contributed by atoms with Crippen molar-refractivity contribution in [3.05, 3.63) is 17.8 Å². The monoisotopic (exact) mass is 194 g/mol. The Morgan fingerprint density at radius 1 is 1.64 bits per heavy atom. The molecule has 1 N–H and O–H groups in total. The van der Waals surface area contributed by atoms with Gasteiger partial charge in [-0.2, -0.15) is 0 Å². The van der Waals surface area contributed by atoms with Crippen LogP contribution in [0.5, 0.6) is 5.75 Å². The lowest BCUT2D eigenvalue weighted by atomic mass is 10.0. The van der Waals surface area contributed by atoms with Crippen molar-refractivity contribution in [2.75, 3.05) is 18.5 Å². The predicted octanol–water partition coefficient (Wildman–Crippen LogP) is 2.65. The standard InChI is InChI=1S/C11H16N2O.H2/c1-3-8(2)9-4-5-10-11(13-9)12-6-7-14-10;/h4-5,8H,3,6-7H2,1-2H3,(H,12,13);1H. The second-order valence-electron chi connectivity index (χ2n) is 3.67. The number of anilines is 1. The summed E-state index contributed by atoms with van der Waals surface area (Å²) in [4.78, 5) is 4.55. The van der Waals surface area contributed by atoms with E-state index in [1.807, 2.05) is 6.07 Å². The first kappa shape index (κ1) is 9.31. The summed E-state index contributed by atoms with van der Waals surface area (Å²) in [5.41, 5.74) is 1.14. The molecule has 3 heteroatoms. The normalized spacial score (nSPS) is 16.4. The zero-order chi connectivity index (χ0) is 9.97. The third-order valence-corrected chi connectivity index (χ3v) is 2.65. The van der Waals surface area contributed by atoms with Crippen molar-refractivity contribution < 1.29 is 6.16 Å². The molecule has 1 aliphatic heterocycles. The Kier molecular flexibility index (Phi) is 2.57. The van der Waals surface area contributed by atoms with Gasteiger partial charge in [-0.05, 0) is 24.5 Å². The van der Waals surface area contributed by atoms with Gasteiger partial charge in [-0.15, -0.1) is 0 Å². The van der Waals surface area contributed by atoms with E-state index in [0.717, 1.165) is 36.8 Å². The van der Waals surface area contributed by atoms with E-state index in [1.54, 1.807) is 0 Å². The van der Waals surface area contributed by atoms with Crippen LogP contribution in [0.1, 0.15) is 33.3 Å². The first-order valence-corrected chi connectivity index (χ1v) is 5.19. The molecule has 0 aromatic carbocycles. The van der Waals surface area contributed by atoms with Crippen LogP contribution < -0.4 is 10.1 Å². The summed E-state index contributed by atoms with van der Waals surface area (Å²) < 4.78 is 5.47. The molecular weight excluding hydrogens is 176 g/mol. The first-order valence-electron chi connectivity index (χ1n) is 5.19. The molecule has 78 valence electrons. The molecule has 3 nitrogen and oxygen atoms in total. The average Bonchev–Trinajstić information content (AvgIpc) is 2.27. The fraction of sp³-hybridized carbons (Fsp3) is 0.545. The minimum absolute atomic E-state index is 0. The molecular formula is C11H18N2O. The molecule has 2 rings (SSSR count). The highest BCUT2D eigenvalue weighted by molar-refractivity contribution is 5.52. The third kappa shape index (κ3) is 1.67. The maximum absolute atomic E-state index is 5.47. The molecule has 14 heavy (non-hydrogen) atoms. The fourth-order valence-corrected chi connectivity index (χ4v) is 1.52. The van der Waals surface area contributed by atoms with Gasteiger partial charge in [0, 0.05) is 7.12 Å². The minimum Gasteiger partial charge on any atom is -0.488 e. The molecule has 1 unspecified atom stereocenters. The summed E-state index contributed by atoms with van der Waals surface area (Å²) in [5.74, 6) is 2.29. The quantitative estimate of drug-likeness (QED) is 0.786. The number of nitrogens with zero attached hydrogens (tertiary/aromatic N) is 1. The Morgan fingerprint density at radius 2 is 2.50 bits per heavy atom. The van der Waals surface area contributed by atoms with Gasteiger partial charge in [0.25, 0.3) is 0 Å². The van der Waals surface area contributed by atoms with E-state index < -0.39 is 0 Å². The highest BCUT2D eigenvalue weighted by Crippen LogP contribution is 2.27. The van der Waals surface area contributed by atoms with Crippen molar-refractivity contribution in [2.45, 2.75) is 26.2 Å². The molecule has 0 bridgehead atoms. The van der Waals surface area contributed by atoms with E-state index in [1.165, 1.54) is 0 Å². The summed E-state index contributed by atoms with van der Waals surface area (Å²) in [5, 5.41) is 3.25. The van der Waals surface area contributed by atoms with Crippen LogP contribution in [-0.4, -0.2) is 18.1 Å². The van der Waals surface area contributed by atoms with E-state index in [-0.39, 0.29) is 1.43 Å². The van der Waals surface area contributed by atoms with Crippen LogP contribution in [0, 0.1) is 0 Å². The van der Waals surface area contributed by atoms with E-state index in [9.17, 15) is 0 Å². The number of rotatable bonds is 2. The van der Waals surface area contributed by atoms with Crippen LogP contribution in [-0.2, 0) is 0 Å². The molecule has 1 aromatic heterocycles. The number of ether oxygens (including phenoxy) is 1. The van der Waals surface area contributed by atoms with E-state index in [4.69, 9.17) is 4.74 Å². The van der Waals surface area contributed by atoms with Gasteiger partial charge in [0.05, 0.1) is 6.54 Å². The Balaban J connectivity index is 0.00000112. The topological polar surface area (TPSA) is 34.2 Å². The molecule has 0 spiro atoms. The molecule has 1 aliphatic rings. The van der Waals surface area contributed by atoms with E-state index in [2.05, 4.69) is 30.2 Å². The van der Waals surface area contributed by atoms with Crippen LogP contribution in [0.15, 0.2) is 12.1 Å². The number of pyridine rings is 1. The average molecular weight is 194 g/mol. The summed E-state index contributed by atoms with van der Waals surface area (Å²) in [6, 6.07) is 4.07. The van der Waals surface area contributed by atoms with Gasteiger partial charge in [0.2, 0.25) is 0 Å². The molecule has 0 saturated carbocycles. The number of fused-ring (bicyclic) bond motifs is 1. The Bertz CT molecular complexity index is 330. The van der Waals surface area contributed by atoms with Gasteiger partial charge < -0.3 is 10.1 Å². The van der Waals surface area contributed by atoms with Crippen molar-refractivity contribution in [1.82, 2.24) is 4.98 Å². The lowest BCUT2D eigenvalue weighted by Gasteiger charge is -2.19. The molecule has 1 atom stereocenters. The van der Waals surface area contributed by atoms with Gasteiger partial charge >= 0.3 is 0 Å². The minimum atomic E-state index is 0. The largest absolute Gasteiger partial charge is 0.488 e.